The molecule has 27 heavy (non-hydrogen) atoms. The molecule has 0 saturated carbocycles. The Morgan fingerprint density at radius 3 is 2.56 bits per heavy atom. The Hall–Kier alpha value is -2.60. The van der Waals surface area contributed by atoms with Gasteiger partial charge in [0.05, 0.1) is 10.7 Å². The summed E-state index contributed by atoms with van der Waals surface area (Å²) in [7, 11) is 0. The Balaban J connectivity index is 1.62. The molecule has 0 aliphatic carbocycles. The van der Waals surface area contributed by atoms with Crippen molar-refractivity contribution in [1.82, 2.24) is 5.32 Å². The summed E-state index contributed by atoms with van der Waals surface area (Å²) in [6.07, 6.45) is 1.62. The largest absolute Gasteiger partial charge is 0.457 e. The number of hydrogen-bond acceptors (Lipinski definition) is 3. The predicted molar refractivity (Wildman–Crippen MR) is 112 cm³/mol. The third kappa shape index (κ3) is 3.49. The second kappa shape index (κ2) is 7.19. The van der Waals surface area contributed by atoms with Crippen LogP contribution in [-0.4, -0.2) is 11.0 Å². The fraction of sp³-hybridized carbons (Fsp3) is 0. The number of furan rings is 1. The second-order valence-corrected chi connectivity index (χ2v) is 7.02. The molecule has 1 aliphatic rings. The normalized spacial score (nSPS) is 15.5. The van der Waals surface area contributed by atoms with E-state index in [0.29, 0.717) is 38.1 Å². The van der Waals surface area contributed by atoms with Crippen LogP contribution >= 0.6 is 35.4 Å². The first kappa shape index (κ1) is 17.8. The zero-order valence-corrected chi connectivity index (χ0v) is 16.1. The predicted octanol–water partition coefficient (Wildman–Crippen LogP) is 5.52. The summed E-state index contributed by atoms with van der Waals surface area (Å²) in [6.45, 7) is 0. The lowest BCUT2D eigenvalue weighted by Gasteiger charge is -2.13. The van der Waals surface area contributed by atoms with Crippen molar-refractivity contribution in [2.24, 2.45) is 0 Å². The maximum absolute atomic E-state index is 12.7. The van der Waals surface area contributed by atoms with Crippen molar-refractivity contribution in [2.45, 2.75) is 0 Å². The van der Waals surface area contributed by atoms with Crippen LogP contribution in [0, 0.1) is 0 Å². The number of carbonyl (C=O) groups excluding carboxylic acids is 1. The third-order valence-electron chi connectivity index (χ3n) is 4.00. The van der Waals surface area contributed by atoms with Crippen LogP contribution in [0.15, 0.2) is 70.8 Å². The summed E-state index contributed by atoms with van der Waals surface area (Å²) in [5, 5.41) is 4.30. The average molecular weight is 415 g/mol. The molecule has 1 aliphatic heterocycles. The lowest BCUT2D eigenvalue weighted by molar-refractivity contribution is -0.113. The van der Waals surface area contributed by atoms with E-state index < -0.39 is 0 Å². The highest BCUT2D eigenvalue weighted by Crippen LogP contribution is 2.32. The van der Waals surface area contributed by atoms with Crippen molar-refractivity contribution in [3.63, 3.8) is 0 Å². The van der Waals surface area contributed by atoms with Gasteiger partial charge in [-0.05, 0) is 54.7 Å². The molecule has 0 radical (unpaired) electrons. The van der Waals surface area contributed by atoms with E-state index in [2.05, 4.69) is 5.32 Å². The van der Waals surface area contributed by atoms with Crippen LogP contribution < -0.4 is 10.2 Å². The topological polar surface area (TPSA) is 45.5 Å². The number of hydrogen-bond donors (Lipinski definition) is 1. The quantitative estimate of drug-likeness (QED) is 0.452. The summed E-state index contributed by atoms with van der Waals surface area (Å²) in [5.41, 5.74) is 1.77. The van der Waals surface area contributed by atoms with Gasteiger partial charge in [0.25, 0.3) is 5.91 Å². The van der Waals surface area contributed by atoms with Gasteiger partial charge in [0, 0.05) is 16.7 Å². The van der Waals surface area contributed by atoms with Gasteiger partial charge in [0.1, 0.15) is 17.2 Å². The number of carbonyl (C=O) groups is 1. The third-order valence-corrected chi connectivity index (χ3v) is 4.83. The van der Waals surface area contributed by atoms with E-state index in [1.807, 2.05) is 30.3 Å². The highest BCUT2D eigenvalue weighted by atomic mass is 35.5. The summed E-state index contributed by atoms with van der Waals surface area (Å²) < 4.78 is 5.82. The van der Waals surface area contributed by atoms with E-state index in [-0.39, 0.29) is 5.91 Å². The number of amides is 1. The Morgan fingerprint density at radius 2 is 1.81 bits per heavy atom. The maximum atomic E-state index is 12.7. The SMILES string of the molecule is O=C1C(=Cc2ccc(-c3ccc(Cl)cc3Cl)o2)NC(=S)N1c1ccccc1. The molecular weight excluding hydrogens is 403 g/mol. The van der Waals surface area contributed by atoms with Crippen LogP contribution in [0.5, 0.6) is 0 Å². The molecule has 134 valence electrons. The van der Waals surface area contributed by atoms with Gasteiger partial charge in [-0.15, -0.1) is 0 Å². The standard InChI is InChI=1S/C20H12Cl2N2O2S/c21-12-6-8-15(16(22)10-12)18-9-7-14(26-18)11-17-19(25)24(20(27)23-17)13-4-2-1-3-5-13/h1-11H,(H,23,27). The van der Waals surface area contributed by atoms with Crippen molar-refractivity contribution >= 4 is 58.2 Å². The minimum Gasteiger partial charge on any atom is -0.457 e. The van der Waals surface area contributed by atoms with Gasteiger partial charge in [0.15, 0.2) is 5.11 Å². The first-order chi connectivity index (χ1) is 13.0. The monoisotopic (exact) mass is 414 g/mol. The van der Waals surface area contributed by atoms with E-state index in [1.165, 1.54) is 4.90 Å². The fourth-order valence-electron chi connectivity index (χ4n) is 2.75. The van der Waals surface area contributed by atoms with Crippen LogP contribution in [0.1, 0.15) is 5.76 Å². The molecular formula is C20H12Cl2N2O2S. The minimum atomic E-state index is -0.242. The van der Waals surface area contributed by atoms with Crippen molar-refractivity contribution in [1.29, 1.82) is 0 Å². The summed E-state index contributed by atoms with van der Waals surface area (Å²) in [6, 6.07) is 17.9. The molecule has 7 heteroatoms. The number of nitrogens with one attached hydrogen (secondary N) is 1. The first-order valence-electron chi connectivity index (χ1n) is 8.00. The number of halogens is 2. The molecule has 4 rings (SSSR count). The number of anilines is 1. The van der Waals surface area contributed by atoms with Crippen LogP contribution in [0.25, 0.3) is 17.4 Å². The molecule has 2 aromatic carbocycles. The Bertz CT molecular complexity index is 1080. The smallest absolute Gasteiger partial charge is 0.281 e. The molecule has 3 aromatic rings. The van der Waals surface area contributed by atoms with Crippen LogP contribution in [0.4, 0.5) is 5.69 Å². The van der Waals surface area contributed by atoms with E-state index in [9.17, 15) is 4.79 Å². The van der Waals surface area contributed by atoms with E-state index in [1.54, 1.807) is 36.4 Å². The Kier molecular flexibility index (Phi) is 4.74. The first-order valence-corrected chi connectivity index (χ1v) is 9.17. The van der Waals surface area contributed by atoms with Gasteiger partial charge in [-0.2, -0.15) is 0 Å². The number of benzene rings is 2. The van der Waals surface area contributed by atoms with Crippen LogP contribution in [-0.2, 0) is 4.79 Å². The van der Waals surface area contributed by atoms with Crippen LogP contribution in [0.3, 0.4) is 0 Å². The Labute approximate surface area is 171 Å². The molecule has 0 atom stereocenters. The second-order valence-electron chi connectivity index (χ2n) is 5.79. The zero-order chi connectivity index (χ0) is 19.0. The van der Waals surface area contributed by atoms with Crippen molar-refractivity contribution in [3.8, 4) is 11.3 Å². The number of para-hydroxylation sites is 1. The summed E-state index contributed by atoms with van der Waals surface area (Å²) in [4.78, 5) is 14.2. The number of nitrogens with zero attached hydrogens (tertiary/aromatic N) is 1. The molecule has 0 spiro atoms. The van der Waals surface area contributed by atoms with E-state index in [4.69, 9.17) is 39.8 Å². The van der Waals surface area contributed by atoms with Gasteiger partial charge in [0.2, 0.25) is 0 Å². The average Bonchev–Trinajstić information content (AvgIpc) is 3.21. The molecule has 1 saturated heterocycles. The lowest BCUT2D eigenvalue weighted by atomic mass is 10.2. The lowest BCUT2D eigenvalue weighted by Crippen LogP contribution is -2.30. The fourth-order valence-corrected chi connectivity index (χ4v) is 3.55. The van der Waals surface area contributed by atoms with Crippen LogP contribution in [0.2, 0.25) is 10.0 Å². The molecule has 0 bridgehead atoms. The summed E-state index contributed by atoms with van der Waals surface area (Å²) in [5.74, 6) is 0.842. The van der Waals surface area contributed by atoms with Crippen molar-refractivity contribution < 1.29 is 9.21 Å². The zero-order valence-electron chi connectivity index (χ0n) is 13.8. The molecule has 1 amide bonds. The molecule has 1 aromatic heterocycles. The van der Waals surface area contributed by atoms with E-state index in [0.717, 1.165) is 5.56 Å². The molecule has 2 heterocycles. The number of rotatable bonds is 3. The minimum absolute atomic E-state index is 0.242. The van der Waals surface area contributed by atoms with Gasteiger partial charge in [-0.25, -0.2) is 0 Å². The van der Waals surface area contributed by atoms with Crippen molar-refractivity contribution in [2.75, 3.05) is 4.90 Å². The van der Waals surface area contributed by atoms with E-state index >= 15 is 0 Å². The molecule has 0 unspecified atom stereocenters. The van der Waals surface area contributed by atoms with Gasteiger partial charge >= 0.3 is 0 Å². The number of thiocarbonyl (C=S) groups is 1. The Morgan fingerprint density at radius 1 is 1.04 bits per heavy atom. The van der Waals surface area contributed by atoms with Gasteiger partial charge in [-0.3, -0.25) is 9.69 Å². The van der Waals surface area contributed by atoms with Gasteiger partial charge in [-0.1, -0.05) is 41.4 Å². The molecule has 4 nitrogen and oxygen atoms in total. The molecule has 1 N–H and O–H groups in total. The summed E-state index contributed by atoms with van der Waals surface area (Å²) >= 11 is 17.4. The van der Waals surface area contributed by atoms with Crippen molar-refractivity contribution in [3.05, 3.63) is 82.2 Å². The highest BCUT2D eigenvalue weighted by molar-refractivity contribution is 7.80. The molecule has 1 fully saturated rings. The highest BCUT2D eigenvalue weighted by Gasteiger charge is 2.32. The van der Waals surface area contributed by atoms with Gasteiger partial charge < -0.3 is 9.73 Å². The maximum Gasteiger partial charge on any atom is 0.281 e.